The van der Waals surface area contributed by atoms with Crippen LogP contribution in [-0.2, 0) is 6.54 Å². The van der Waals surface area contributed by atoms with Crippen molar-refractivity contribution in [2.75, 3.05) is 6.54 Å². The van der Waals surface area contributed by atoms with E-state index in [0.29, 0.717) is 12.0 Å². The van der Waals surface area contributed by atoms with Gasteiger partial charge in [-0.15, -0.1) is 0 Å². The minimum Gasteiger partial charge on any atom is -0.349 e. The van der Waals surface area contributed by atoms with Gasteiger partial charge in [0.25, 0.3) is 0 Å². The summed E-state index contributed by atoms with van der Waals surface area (Å²) in [6, 6.07) is 2.98. The summed E-state index contributed by atoms with van der Waals surface area (Å²) >= 11 is 0. The Morgan fingerprint density at radius 3 is 2.75 bits per heavy atom. The van der Waals surface area contributed by atoms with Crippen LogP contribution in [0.25, 0.3) is 0 Å². The summed E-state index contributed by atoms with van der Waals surface area (Å²) in [5.41, 5.74) is 4.40. The molecule has 1 aromatic heterocycles. The number of hydrogen-bond donors (Lipinski definition) is 1. The average molecular weight is 220 g/mol. The summed E-state index contributed by atoms with van der Waals surface area (Å²) in [6.07, 6.45) is 2.62. The van der Waals surface area contributed by atoms with E-state index < -0.39 is 0 Å². The molecule has 2 heteroatoms. The van der Waals surface area contributed by atoms with Crippen LogP contribution in [0.5, 0.6) is 0 Å². The number of hydrogen-bond acceptors (Lipinski definition) is 1. The highest BCUT2D eigenvalue weighted by Crippen LogP contribution is 2.28. The van der Waals surface area contributed by atoms with Crippen molar-refractivity contribution in [1.82, 2.24) is 9.88 Å². The van der Waals surface area contributed by atoms with Crippen LogP contribution in [0, 0.1) is 19.8 Å². The average Bonchev–Trinajstić information content (AvgIpc) is 2.80. The molecule has 1 N–H and O–H groups in total. The molecular weight excluding hydrogens is 196 g/mol. The fraction of sp³-hybridized carbons (Fsp3) is 0.714. The molecule has 16 heavy (non-hydrogen) atoms. The lowest BCUT2D eigenvalue weighted by molar-refractivity contribution is 0.506. The number of rotatable bonds is 3. The van der Waals surface area contributed by atoms with Crippen LogP contribution >= 0.6 is 0 Å². The molecule has 0 saturated carbocycles. The van der Waals surface area contributed by atoms with Crippen LogP contribution in [0.15, 0.2) is 6.07 Å². The number of nitrogens with zero attached hydrogens (tertiary/aromatic N) is 1. The molecule has 0 aromatic carbocycles. The molecule has 0 radical (unpaired) electrons. The zero-order valence-corrected chi connectivity index (χ0v) is 11.0. The first-order chi connectivity index (χ1) is 7.59. The van der Waals surface area contributed by atoms with Gasteiger partial charge in [-0.25, -0.2) is 0 Å². The van der Waals surface area contributed by atoms with Gasteiger partial charge in [-0.05, 0) is 50.8 Å². The van der Waals surface area contributed by atoms with Gasteiger partial charge in [0.05, 0.1) is 0 Å². The predicted molar refractivity (Wildman–Crippen MR) is 68.7 cm³/mol. The summed E-state index contributed by atoms with van der Waals surface area (Å²) < 4.78 is 2.47. The SMILES string of the molecule is Cc1cc(C2CCCN2)c(C)n1CC(C)C. The van der Waals surface area contributed by atoms with Crippen LogP contribution in [0.4, 0.5) is 0 Å². The fourth-order valence-electron chi connectivity index (χ4n) is 2.78. The molecular formula is C14H24N2. The summed E-state index contributed by atoms with van der Waals surface area (Å²) in [4.78, 5) is 0. The van der Waals surface area contributed by atoms with Crippen molar-refractivity contribution in [3.05, 3.63) is 23.0 Å². The molecule has 0 spiro atoms. The van der Waals surface area contributed by atoms with Gasteiger partial charge in [-0.1, -0.05) is 13.8 Å². The van der Waals surface area contributed by atoms with Gasteiger partial charge in [-0.2, -0.15) is 0 Å². The molecule has 2 rings (SSSR count). The molecule has 90 valence electrons. The first-order valence-corrected chi connectivity index (χ1v) is 6.49. The van der Waals surface area contributed by atoms with Gasteiger partial charge in [0.15, 0.2) is 0 Å². The van der Waals surface area contributed by atoms with Crippen LogP contribution in [0.2, 0.25) is 0 Å². The van der Waals surface area contributed by atoms with Crippen LogP contribution in [-0.4, -0.2) is 11.1 Å². The zero-order valence-electron chi connectivity index (χ0n) is 11.0. The van der Waals surface area contributed by atoms with E-state index in [-0.39, 0.29) is 0 Å². The van der Waals surface area contributed by atoms with E-state index in [1.54, 1.807) is 0 Å². The summed E-state index contributed by atoms with van der Waals surface area (Å²) in [5.74, 6) is 0.717. The molecule has 1 aromatic rings. The molecule has 1 atom stereocenters. The Morgan fingerprint density at radius 1 is 1.44 bits per heavy atom. The van der Waals surface area contributed by atoms with Crippen molar-refractivity contribution in [3.8, 4) is 0 Å². The van der Waals surface area contributed by atoms with E-state index in [1.807, 2.05) is 0 Å². The fourth-order valence-corrected chi connectivity index (χ4v) is 2.78. The molecule has 1 unspecified atom stereocenters. The third-order valence-electron chi connectivity index (χ3n) is 3.60. The maximum Gasteiger partial charge on any atom is 0.0338 e. The van der Waals surface area contributed by atoms with Gasteiger partial charge >= 0.3 is 0 Å². The number of aromatic nitrogens is 1. The van der Waals surface area contributed by atoms with Crippen LogP contribution < -0.4 is 5.32 Å². The number of aryl methyl sites for hydroxylation is 1. The first kappa shape index (κ1) is 11.7. The quantitative estimate of drug-likeness (QED) is 0.828. The van der Waals surface area contributed by atoms with E-state index in [4.69, 9.17) is 0 Å². The van der Waals surface area contributed by atoms with E-state index in [9.17, 15) is 0 Å². The van der Waals surface area contributed by atoms with Crippen molar-refractivity contribution < 1.29 is 0 Å². The predicted octanol–water partition coefficient (Wildman–Crippen LogP) is 3.19. The van der Waals surface area contributed by atoms with Gasteiger partial charge in [0.2, 0.25) is 0 Å². The van der Waals surface area contributed by atoms with Crippen molar-refractivity contribution in [1.29, 1.82) is 0 Å². The molecule has 1 fully saturated rings. The minimum atomic E-state index is 0.604. The lowest BCUT2D eigenvalue weighted by Crippen LogP contribution is -2.14. The molecule has 2 heterocycles. The Kier molecular flexibility index (Phi) is 3.38. The minimum absolute atomic E-state index is 0.604. The van der Waals surface area contributed by atoms with Crippen LogP contribution in [0.1, 0.15) is 49.7 Å². The van der Waals surface area contributed by atoms with Gasteiger partial charge in [0, 0.05) is 24.0 Å². The Balaban J connectivity index is 2.26. The maximum absolute atomic E-state index is 3.59. The van der Waals surface area contributed by atoms with Crippen molar-refractivity contribution in [3.63, 3.8) is 0 Å². The maximum atomic E-state index is 3.59. The largest absolute Gasteiger partial charge is 0.349 e. The van der Waals surface area contributed by atoms with Gasteiger partial charge in [-0.3, -0.25) is 0 Å². The Labute approximate surface area is 99.0 Å². The van der Waals surface area contributed by atoms with Gasteiger partial charge < -0.3 is 9.88 Å². The summed E-state index contributed by atoms with van der Waals surface area (Å²) in [6.45, 7) is 11.4. The Hall–Kier alpha value is -0.760. The molecule has 0 amide bonds. The van der Waals surface area contributed by atoms with E-state index in [0.717, 1.165) is 6.54 Å². The highest BCUT2D eigenvalue weighted by Gasteiger charge is 2.21. The zero-order chi connectivity index (χ0) is 11.7. The van der Waals surface area contributed by atoms with E-state index in [2.05, 4.69) is 43.6 Å². The lowest BCUT2D eigenvalue weighted by atomic mass is 10.1. The molecule has 0 aliphatic carbocycles. The van der Waals surface area contributed by atoms with Crippen molar-refractivity contribution in [2.24, 2.45) is 5.92 Å². The van der Waals surface area contributed by atoms with Crippen molar-refractivity contribution >= 4 is 0 Å². The van der Waals surface area contributed by atoms with E-state index in [1.165, 1.54) is 36.3 Å². The molecule has 1 saturated heterocycles. The van der Waals surface area contributed by atoms with E-state index >= 15 is 0 Å². The first-order valence-electron chi connectivity index (χ1n) is 6.49. The Morgan fingerprint density at radius 2 is 2.19 bits per heavy atom. The molecule has 0 bridgehead atoms. The lowest BCUT2D eigenvalue weighted by Gasteiger charge is -2.14. The number of nitrogens with one attached hydrogen (secondary N) is 1. The van der Waals surface area contributed by atoms with Crippen molar-refractivity contribution in [2.45, 2.75) is 53.1 Å². The van der Waals surface area contributed by atoms with Crippen LogP contribution in [0.3, 0.4) is 0 Å². The summed E-state index contributed by atoms with van der Waals surface area (Å²) in [5, 5.41) is 3.59. The molecule has 1 aliphatic rings. The molecule has 2 nitrogen and oxygen atoms in total. The standard InChI is InChI=1S/C14H24N2/c1-10(2)9-16-11(3)8-13(12(16)4)14-6-5-7-15-14/h8,10,14-15H,5-7,9H2,1-4H3. The second-order valence-corrected chi connectivity index (χ2v) is 5.48. The third kappa shape index (κ3) is 2.17. The second-order valence-electron chi connectivity index (χ2n) is 5.48. The topological polar surface area (TPSA) is 17.0 Å². The summed E-state index contributed by atoms with van der Waals surface area (Å²) in [7, 11) is 0. The smallest absolute Gasteiger partial charge is 0.0338 e. The third-order valence-corrected chi connectivity index (χ3v) is 3.60. The normalized spacial score (nSPS) is 20.9. The highest BCUT2D eigenvalue weighted by atomic mass is 15.0. The Bertz CT molecular complexity index is 357. The molecule has 1 aliphatic heterocycles. The second kappa shape index (κ2) is 4.62. The monoisotopic (exact) mass is 220 g/mol. The van der Waals surface area contributed by atoms with Gasteiger partial charge in [0.1, 0.15) is 0 Å². The highest BCUT2D eigenvalue weighted by molar-refractivity contribution is 5.30.